The molecule has 2 heterocycles. The molecule has 0 amide bonds. The van der Waals surface area contributed by atoms with Crippen molar-refractivity contribution in [1.29, 1.82) is 0 Å². The zero-order valence-corrected chi connectivity index (χ0v) is 21.9. The minimum Gasteiger partial charge on any atom is -0.358 e. The van der Waals surface area contributed by atoms with Crippen LogP contribution >= 0.6 is 11.3 Å². The summed E-state index contributed by atoms with van der Waals surface area (Å²) in [6.07, 6.45) is 3.68. The largest absolute Gasteiger partial charge is 0.358 e. The second kappa shape index (κ2) is 11.6. The Kier molecular flexibility index (Phi) is 10.9. The smallest absolute Gasteiger partial charge is 0.0397 e. The summed E-state index contributed by atoms with van der Waals surface area (Å²) in [6.45, 7) is 16.8. The molecule has 0 aliphatic rings. The molecule has 164 valence electrons. The van der Waals surface area contributed by atoms with Gasteiger partial charge in [0, 0.05) is 37.9 Å². The summed E-state index contributed by atoms with van der Waals surface area (Å²) in [4.78, 5) is 7.13. The predicted octanol–water partition coefficient (Wildman–Crippen LogP) is 8.24. The Morgan fingerprint density at radius 1 is 1.00 bits per heavy atom. The third-order valence-electron chi connectivity index (χ3n) is 4.99. The summed E-state index contributed by atoms with van der Waals surface area (Å²) < 4.78 is 0. The maximum atomic E-state index is 5.03. The Bertz CT molecular complexity index is 957. The van der Waals surface area contributed by atoms with Crippen molar-refractivity contribution in [1.82, 2.24) is 4.98 Å². The van der Waals surface area contributed by atoms with E-state index in [0.29, 0.717) is 5.92 Å². The van der Waals surface area contributed by atoms with Gasteiger partial charge in [-0.05, 0) is 32.9 Å². The number of benzene rings is 1. The molecule has 0 atom stereocenters. The van der Waals surface area contributed by atoms with E-state index in [4.69, 9.17) is 4.98 Å². The zero-order valence-electron chi connectivity index (χ0n) is 18.9. The van der Waals surface area contributed by atoms with Gasteiger partial charge in [-0.25, -0.2) is 11.3 Å². The van der Waals surface area contributed by atoms with Crippen LogP contribution in [0.25, 0.3) is 22.7 Å². The molecule has 0 saturated carbocycles. The molecule has 0 aliphatic carbocycles. The Morgan fingerprint density at radius 3 is 2.23 bits per heavy atom. The molecule has 0 unspecified atom stereocenters. The Labute approximate surface area is 202 Å². The van der Waals surface area contributed by atoms with Gasteiger partial charge in [0.25, 0.3) is 0 Å². The average Bonchev–Trinajstić information content (AvgIpc) is 3.11. The summed E-state index contributed by atoms with van der Waals surface area (Å²) >= 11 is 1.65. The summed E-state index contributed by atoms with van der Waals surface area (Å²) in [5, 5.41) is 0. The van der Waals surface area contributed by atoms with E-state index >= 15 is 0 Å². The van der Waals surface area contributed by atoms with Gasteiger partial charge in [-0.3, -0.25) is 4.98 Å². The van der Waals surface area contributed by atoms with Crippen LogP contribution in [-0.4, -0.2) is 4.98 Å². The maximum absolute atomic E-state index is 5.03. The molecular formula is C27H32NPtS-3. The van der Waals surface area contributed by atoms with Crippen LogP contribution in [0, 0.1) is 20.9 Å². The summed E-state index contributed by atoms with van der Waals surface area (Å²) in [6, 6.07) is 18.4. The van der Waals surface area contributed by atoms with Crippen LogP contribution in [0.5, 0.6) is 0 Å². The standard InChI is InChI=1S/C25H26NS.2CH3.Pt/c1-7-18-16-23(27-22(18)8-2)21-14-11-15-24(26-21)25(5,6)20-13-10-9-12-19(20)17(3)4;;;/h7-15,17H,1-2H2,3-6H3;2*1H3;/q3*-1;. The van der Waals surface area contributed by atoms with E-state index < -0.39 is 0 Å². The van der Waals surface area contributed by atoms with Gasteiger partial charge in [0.05, 0.1) is 0 Å². The third-order valence-corrected chi connectivity index (χ3v) is 6.12. The number of rotatable bonds is 6. The molecule has 0 radical (unpaired) electrons. The molecule has 1 nitrogen and oxygen atoms in total. The molecule has 1 aromatic carbocycles. The van der Waals surface area contributed by atoms with Crippen LogP contribution in [0.3, 0.4) is 0 Å². The molecule has 2 aromatic heterocycles. The summed E-state index contributed by atoms with van der Waals surface area (Å²) in [5.74, 6) is 0.472. The molecule has 3 aromatic rings. The van der Waals surface area contributed by atoms with E-state index in [-0.39, 0.29) is 41.3 Å². The van der Waals surface area contributed by atoms with Crippen molar-refractivity contribution in [3.63, 3.8) is 0 Å². The summed E-state index contributed by atoms with van der Waals surface area (Å²) in [5.41, 5.74) is 5.52. The van der Waals surface area contributed by atoms with E-state index in [1.165, 1.54) is 11.1 Å². The normalized spacial score (nSPS) is 10.4. The number of thiophene rings is 1. The number of nitrogens with zero attached hydrogens (tertiary/aromatic N) is 1. The first-order chi connectivity index (χ1) is 12.9. The van der Waals surface area contributed by atoms with Crippen LogP contribution in [-0.2, 0) is 26.5 Å². The average molecular weight is 598 g/mol. The van der Waals surface area contributed by atoms with E-state index in [1.54, 1.807) is 11.3 Å². The second-order valence-electron chi connectivity index (χ2n) is 7.52. The van der Waals surface area contributed by atoms with Gasteiger partial charge in [0.1, 0.15) is 0 Å². The molecule has 3 rings (SSSR count). The molecule has 0 N–H and O–H groups in total. The topological polar surface area (TPSA) is 12.9 Å². The molecule has 0 bridgehead atoms. The van der Waals surface area contributed by atoms with Gasteiger partial charge in [-0.1, -0.05) is 70.2 Å². The van der Waals surface area contributed by atoms with Gasteiger partial charge in [-0.2, -0.15) is 0 Å². The van der Waals surface area contributed by atoms with Gasteiger partial charge in [-0.15, -0.1) is 30.9 Å². The van der Waals surface area contributed by atoms with Crippen LogP contribution in [0.4, 0.5) is 0 Å². The van der Waals surface area contributed by atoms with Crippen molar-refractivity contribution in [2.45, 2.75) is 39.0 Å². The summed E-state index contributed by atoms with van der Waals surface area (Å²) in [7, 11) is 0. The molecule has 0 saturated heterocycles. The fourth-order valence-corrected chi connectivity index (χ4v) is 4.34. The Hall–Kier alpha value is -1.76. The van der Waals surface area contributed by atoms with Crippen LogP contribution < -0.4 is 0 Å². The monoisotopic (exact) mass is 597 g/mol. The first kappa shape index (κ1) is 28.2. The van der Waals surface area contributed by atoms with Crippen molar-refractivity contribution in [2.24, 2.45) is 0 Å². The quantitative estimate of drug-likeness (QED) is 0.261. The third kappa shape index (κ3) is 5.48. The molecule has 0 spiro atoms. The van der Waals surface area contributed by atoms with Crippen molar-refractivity contribution < 1.29 is 21.1 Å². The SMILES string of the molecule is C=Cc1[c-]c(-c2cccc(C(C)(C)c3ccccc3C(C)C)n2)sc1C=C.[CH3-].[CH3-].[Pt]. The van der Waals surface area contributed by atoms with E-state index in [9.17, 15) is 0 Å². The molecular weight excluding hydrogens is 565 g/mol. The molecule has 0 fully saturated rings. The first-order valence-electron chi connectivity index (χ1n) is 9.26. The Morgan fingerprint density at radius 2 is 1.67 bits per heavy atom. The second-order valence-corrected chi connectivity index (χ2v) is 8.57. The number of hydrogen-bond acceptors (Lipinski definition) is 2. The van der Waals surface area contributed by atoms with E-state index in [2.05, 4.69) is 89.4 Å². The molecule has 0 aliphatic heterocycles. The van der Waals surface area contributed by atoms with E-state index in [0.717, 1.165) is 26.7 Å². The van der Waals surface area contributed by atoms with Crippen molar-refractivity contribution in [3.8, 4) is 10.6 Å². The fraction of sp³-hybridized carbons (Fsp3) is 0.222. The minimum atomic E-state index is -0.184. The van der Waals surface area contributed by atoms with Gasteiger partial charge in [0.2, 0.25) is 0 Å². The molecule has 3 heteroatoms. The number of pyridine rings is 1. The van der Waals surface area contributed by atoms with Crippen molar-refractivity contribution >= 4 is 23.5 Å². The van der Waals surface area contributed by atoms with E-state index in [1.807, 2.05) is 12.2 Å². The zero-order chi connectivity index (χ0) is 19.6. The Balaban J connectivity index is 0.00000280. The first-order valence-corrected chi connectivity index (χ1v) is 10.1. The van der Waals surface area contributed by atoms with Gasteiger partial charge in [0.15, 0.2) is 0 Å². The van der Waals surface area contributed by atoms with Gasteiger partial charge < -0.3 is 14.9 Å². The number of aromatic nitrogens is 1. The maximum Gasteiger partial charge on any atom is 0.0397 e. The van der Waals surface area contributed by atoms with Gasteiger partial charge >= 0.3 is 0 Å². The van der Waals surface area contributed by atoms with Crippen molar-refractivity contribution in [2.75, 3.05) is 0 Å². The number of hydrogen-bond donors (Lipinski definition) is 0. The van der Waals surface area contributed by atoms with Crippen molar-refractivity contribution in [3.05, 3.63) is 104 Å². The minimum absolute atomic E-state index is 0. The van der Waals surface area contributed by atoms with Crippen LogP contribution in [0.2, 0.25) is 0 Å². The fourth-order valence-electron chi connectivity index (χ4n) is 3.41. The van der Waals surface area contributed by atoms with Crippen LogP contribution in [0.15, 0.2) is 55.6 Å². The predicted molar refractivity (Wildman–Crippen MR) is 132 cm³/mol. The molecule has 30 heavy (non-hydrogen) atoms. The van der Waals surface area contributed by atoms with Crippen LogP contribution in [0.1, 0.15) is 60.9 Å².